The van der Waals surface area contributed by atoms with E-state index in [1.807, 2.05) is 24.3 Å². The van der Waals surface area contributed by atoms with Crippen LogP contribution in [0.4, 0.5) is 0 Å². The van der Waals surface area contributed by atoms with E-state index in [1.54, 1.807) is 0 Å². The molecule has 3 heteroatoms. The molecule has 1 unspecified atom stereocenters. The predicted octanol–water partition coefficient (Wildman–Crippen LogP) is 1.97. The summed E-state index contributed by atoms with van der Waals surface area (Å²) >= 11 is 5.49. The number of rotatable bonds is 2. The van der Waals surface area contributed by atoms with Gasteiger partial charge in [-0.3, -0.25) is 4.79 Å². The van der Waals surface area contributed by atoms with Crippen molar-refractivity contribution in [2.24, 2.45) is 0 Å². The number of hydrogen-bond donors (Lipinski definition) is 0. The van der Waals surface area contributed by atoms with Crippen molar-refractivity contribution >= 4 is 17.4 Å². The molecule has 1 atom stereocenters. The smallest absolute Gasteiger partial charge is 0.158 e. The number of ketones is 1. The summed E-state index contributed by atoms with van der Waals surface area (Å²) in [4.78, 5) is 11.4. The van der Waals surface area contributed by atoms with Gasteiger partial charge < -0.3 is 4.74 Å². The van der Waals surface area contributed by atoms with Crippen molar-refractivity contribution in [2.75, 3.05) is 12.5 Å². The van der Waals surface area contributed by atoms with E-state index < -0.39 is 0 Å². The van der Waals surface area contributed by atoms with E-state index in [2.05, 4.69) is 0 Å². The molecule has 2 rings (SSSR count). The molecule has 0 saturated carbocycles. The Labute approximate surface area is 81.5 Å². The van der Waals surface area contributed by atoms with E-state index in [-0.39, 0.29) is 17.6 Å². The quantitative estimate of drug-likeness (QED) is 0.676. The van der Waals surface area contributed by atoms with Crippen LogP contribution in [-0.4, -0.2) is 18.3 Å². The highest BCUT2D eigenvalue weighted by atomic mass is 35.5. The molecule has 0 spiro atoms. The highest BCUT2D eigenvalue weighted by molar-refractivity contribution is 6.28. The Morgan fingerprint density at radius 1 is 1.54 bits per heavy atom. The molecule has 68 valence electrons. The molecule has 1 aliphatic heterocycles. The van der Waals surface area contributed by atoms with Gasteiger partial charge in [0.25, 0.3) is 0 Å². The normalized spacial score (nSPS) is 19.3. The monoisotopic (exact) mass is 196 g/mol. The standard InChI is InChI=1S/C10H9ClO2/c11-5-9(12)8-6-13-10-4-2-1-3-7(8)10/h1-4,8H,5-6H2. The van der Waals surface area contributed by atoms with Crippen molar-refractivity contribution < 1.29 is 9.53 Å². The predicted molar refractivity (Wildman–Crippen MR) is 50.4 cm³/mol. The van der Waals surface area contributed by atoms with Crippen molar-refractivity contribution in [1.82, 2.24) is 0 Å². The Hall–Kier alpha value is -1.02. The highest BCUT2D eigenvalue weighted by Crippen LogP contribution is 2.33. The highest BCUT2D eigenvalue weighted by Gasteiger charge is 2.28. The molecule has 0 saturated heterocycles. The van der Waals surface area contributed by atoms with Crippen LogP contribution in [0.3, 0.4) is 0 Å². The Bertz CT molecular complexity index is 335. The van der Waals surface area contributed by atoms with Gasteiger partial charge in [0.05, 0.1) is 11.8 Å². The van der Waals surface area contributed by atoms with Gasteiger partial charge in [0, 0.05) is 5.56 Å². The summed E-state index contributed by atoms with van der Waals surface area (Å²) in [6.45, 7) is 0.435. The van der Waals surface area contributed by atoms with Gasteiger partial charge in [-0.2, -0.15) is 0 Å². The fraction of sp³-hybridized carbons (Fsp3) is 0.300. The molecule has 0 bridgehead atoms. The van der Waals surface area contributed by atoms with E-state index in [1.165, 1.54) is 0 Å². The Morgan fingerprint density at radius 2 is 2.31 bits per heavy atom. The number of carbonyl (C=O) groups is 1. The first-order chi connectivity index (χ1) is 6.33. The lowest BCUT2D eigenvalue weighted by molar-refractivity contribution is -0.118. The molecule has 0 fully saturated rings. The van der Waals surface area contributed by atoms with Crippen molar-refractivity contribution in [3.63, 3.8) is 0 Å². The zero-order valence-corrected chi connectivity index (χ0v) is 7.75. The van der Waals surface area contributed by atoms with Crippen molar-refractivity contribution in [3.8, 4) is 5.75 Å². The number of benzene rings is 1. The molecule has 0 aromatic heterocycles. The molecular weight excluding hydrogens is 188 g/mol. The number of para-hydroxylation sites is 1. The van der Waals surface area contributed by atoms with Crippen LogP contribution < -0.4 is 4.74 Å². The van der Waals surface area contributed by atoms with Gasteiger partial charge in [-0.1, -0.05) is 18.2 Å². The molecular formula is C10H9ClO2. The number of halogens is 1. The molecule has 1 aromatic rings. The van der Waals surface area contributed by atoms with Crippen molar-refractivity contribution in [1.29, 1.82) is 0 Å². The fourth-order valence-electron chi connectivity index (χ4n) is 1.52. The Morgan fingerprint density at radius 3 is 3.08 bits per heavy atom. The minimum Gasteiger partial charge on any atom is -0.492 e. The Kier molecular flexibility index (Phi) is 2.23. The maximum Gasteiger partial charge on any atom is 0.158 e. The van der Waals surface area contributed by atoms with Crippen LogP contribution in [0.2, 0.25) is 0 Å². The molecule has 0 amide bonds. The third-order valence-electron chi connectivity index (χ3n) is 2.22. The van der Waals surface area contributed by atoms with Gasteiger partial charge in [0.15, 0.2) is 5.78 Å². The molecule has 1 aliphatic rings. The molecule has 1 aromatic carbocycles. The molecule has 2 nitrogen and oxygen atoms in total. The summed E-state index contributed by atoms with van der Waals surface area (Å²) < 4.78 is 5.35. The summed E-state index contributed by atoms with van der Waals surface area (Å²) in [5, 5.41) is 0. The molecule has 0 radical (unpaired) electrons. The number of Topliss-reactive ketones (excluding diaryl/α,β-unsaturated/α-hetero) is 1. The lowest BCUT2D eigenvalue weighted by Crippen LogP contribution is -2.14. The van der Waals surface area contributed by atoms with Gasteiger partial charge in [0.1, 0.15) is 12.4 Å². The van der Waals surface area contributed by atoms with Gasteiger partial charge >= 0.3 is 0 Å². The topological polar surface area (TPSA) is 26.3 Å². The van der Waals surface area contributed by atoms with E-state index in [0.29, 0.717) is 6.61 Å². The van der Waals surface area contributed by atoms with E-state index >= 15 is 0 Å². The number of hydrogen-bond acceptors (Lipinski definition) is 2. The molecule has 1 heterocycles. The van der Waals surface area contributed by atoms with Crippen molar-refractivity contribution in [3.05, 3.63) is 29.8 Å². The van der Waals surface area contributed by atoms with Crippen molar-refractivity contribution in [2.45, 2.75) is 5.92 Å². The Balaban J connectivity index is 2.33. The summed E-state index contributed by atoms with van der Waals surface area (Å²) in [7, 11) is 0. The number of carbonyl (C=O) groups excluding carboxylic acids is 1. The van der Waals surface area contributed by atoms with E-state index in [9.17, 15) is 4.79 Å². The van der Waals surface area contributed by atoms with Gasteiger partial charge in [0.2, 0.25) is 0 Å². The first kappa shape index (κ1) is 8.57. The summed E-state index contributed by atoms with van der Waals surface area (Å²) in [5.41, 5.74) is 0.966. The molecule has 0 N–H and O–H groups in total. The average Bonchev–Trinajstić information content (AvgIpc) is 2.60. The summed E-state index contributed by atoms with van der Waals surface area (Å²) in [6.07, 6.45) is 0. The second-order valence-corrected chi connectivity index (χ2v) is 3.27. The van der Waals surface area contributed by atoms with Gasteiger partial charge in [-0.05, 0) is 6.07 Å². The number of ether oxygens (including phenoxy) is 1. The number of alkyl halides is 1. The lowest BCUT2D eigenvalue weighted by Gasteiger charge is -2.03. The summed E-state index contributed by atoms with van der Waals surface area (Å²) in [5.74, 6) is 0.744. The third-order valence-corrected chi connectivity index (χ3v) is 2.48. The molecule has 0 aliphatic carbocycles. The zero-order chi connectivity index (χ0) is 9.26. The second-order valence-electron chi connectivity index (χ2n) is 3.00. The van der Waals surface area contributed by atoms with Crippen LogP contribution in [0, 0.1) is 0 Å². The minimum atomic E-state index is -0.159. The maximum atomic E-state index is 11.4. The van der Waals surface area contributed by atoms with Crippen LogP contribution in [0.15, 0.2) is 24.3 Å². The largest absolute Gasteiger partial charge is 0.492 e. The number of fused-ring (bicyclic) bond motifs is 1. The second kappa shape index (κ2) is 3.38. The van der Waals surface area contributed by atoms with Crippen LogP contribution in [0.1, 0.15) is 11.5 Å². The SMILES string of the molecule is O=C(CCl)C1COc2ccccc21. The summed E-state index contributed by atoms with van der Waals surface area (Å²) in [6, 6.07) is 7.59. The zero-order valence-electron chi connectivity index (χ0n) is 7.00. The van der Waals surface area contributed by atoms with E-state index in [4.69, 9.17) is 16.3 Å². The average molecular weight is 197 g/mol. The minimum absolute atomic E-state index is 0.0339. The van der Waals surface area contributed by atoms with Crippen LogP contribution in [-0.2, 0) is 4.79 Å². The van der Waals surface area contributed by atoms with E-state index in [0.717, 1.165) is 11.3 Å². The van der Waals surface area contributed by atoms with Gasteiger partial charge in [-0.25, -0.2) is 0 Å². The van der Waals surface area contributed by atoms with Crippen LogP contribution in [0.5, 0.6) is 5.75 Å². The first-order valence-corrected chi connectivity index (χ1v) is 4.67. The molecule has 13 heavy (non-hydrogen) atoms. The van der Waals surface area contributed by atoms with Crippen LogP contribution in [0.25, 0.3) is 0 Å². The maximum absolute atomic E-state index is 11.4. The van der Waals surface area contributed by atoms with Crippen LogP contribution >= 0.6 is 11.6 Å². The fourth-order valence-corrected chi connectivity index (χ4v) is 1.71. The first-order valence-electron chi connectivity index (χ1n) is 4.13. The third kappa shape index (κ3) is 1.42. The van der Waals surface area contributed by atoms with Gasteiger partial charge in [-0.15, -0.1) is 11.6 Å². The lowest BCUT2D eigenvalue weighted by atomic mass is 9.98.